The molecule has 1 saturated heterocycles. The largest absolute Gasteiger partial charge is 0.466 e. The summed E-state index contributed by atoms with van der Waals surface area (Å²) in [6, 6.07) is 7.44. The van der Waals surface area contributed by atoms with Crippen molar-refractivity contribution in [1.82, 2.24) is 14.7 Å². The molecule has 1 fully saturated rings. The van der Waals surface area contributed by atoms with Gasteiger partial charge in [-0.2, -0.15) is 5.10 Å². The van der Waals surface area contributed by atoms with Crippen LogP contribution in [0.5, 0.6) is 0 Å². The molecule has 1 aliphatic rings. The van der Waals surface area contributed by atoms with Crippen molar-refractivity contribution in [2.24, 2.45) is 5.92 Å². The summed E-state index contributed by atoms with van der Waals surface area (Å²) in [6.07, 6.45) is 2.88. The van der Waals surface area contributed by atoms with E-state index in [0.717, 1.165) is 29.9 Å². The second-order valence-electron chi connectivity index (χ2n) is 7.21. The summed E-state index contributed by atoms with van der Waals surface area (Å²) in [4.78, 5) is 27.4. The molecule has 0 spiro atoms. The Morgan fingerprint density at radius 1 is 1.17 bits per heavy atom. The number of ether oxygens (including phenoxy) is 1. The van der Waals surface area contributed by atoms with Crippen LogP contribution in [0.1, 0.15) is 55.4 Å². The van der Waals surface area contributed by atoms with Crippen LogP contribution in [0.25, 0.3) is 5.69 Å². The van der Waals surface area contributed by atoms with Crippen LogP contribution in [-0.4, -0.2) is 46.3 Å². The number of halogens is 1. The lowest BCUT2D eigenvalue weighted by Gasteiger charge is -2.31. The average Bonchev–Trinajstić information content (AvgIpc) is 3.12. The number of nitrogens with zero attached hydrogens (tertiary/aromatic N) is 3. The molecule has 1 aromatic heterocycles. The molecule has 0 radical (unpaired) electrons. The van der Waals surface area contributed by atoms with Crippen molar-refractivity contribution in [3.63, 3.8) is 0 Å². The van der Waals surface area contributed by atoms with E-state index in [4.69, 9.17) is 21.4 Å². The molecule has 6 nitrogen and oxygen atoms in total. The average molecular weight is 418 g/mol. The quantitative estimate of drug-likeness (QED) is 0.664. The topological polar surface area (TPSA) is 64.4 Å². The standard InChI is InChI=1S/C22H28ClN3O3/c1-4-18-20(19(5-2)26(24-18)17-11-9-16(23)10-12-17)21(27)25-13-7-8-15(14-25)22(28)29-6-3/h9-12,15H,4-8,13-14H2,1-3H3/t15-/m1/s1. The maximum absolute atomic E-state index is 13.5. The van der Waals surface area contributed by atoms with E-state index in [1.807, 2.05) is 42.8 Å². The van der Waals surface area contributed by atoms with Gasteiger partial charge in [0.1, 0.15) is 0 Å². The van der Waals surface area contributed by atoms with Gasteiger partial charge in [0.2, 0.25) is 0 Å². The third-order valence-corrected chi connectivity index (χ3v) is 5.59. The van der Waals surface area contributed by atoms with Crippen LogP contribution in [0.4, 0.5) is 0 Å². The molecule has 3 rings (SSSR count). The molecule has 2 heterocycles. The molecule has 2 aromatic rings. The summed E-state index contributed by atoms with van der Waals surface area (Å²) in [6.45, 7) is 7.23. The van der Waals surface area contributed by atoms with Crippen molar-refractivity contribution in [3.05, 3.63) is 46.2 Å². The van der Waals surface area contributed by atoms with Crippen LogP contribution in [0, 0.1) is 5.92 Å². The van der Waals surface area contributed by atoms with Crippen LogP contribution in [0.15, 0.2) is 24.3 Å². The van der Waals surface area contributed by atoms with Crippen LogP contribution < -0.4 is 0 Å². The van der Waals surface area contributed by atoms with Crippen LogP contribution >= 0.6 is 11.6 Å². The van der Waals surface area contributed by atoms with E-state index in [0.29, 0.717) is 43.1 Å². The Morgan fingerprint density at radius 3 is 2.52 bits per heavy atom. The number of aromatic nitrogens is 2. The number of carbonyl (C=O) groups excluding carboxylic acids is 2. The minimum absolute atomic E-state index is 0.0482. The molecule has 1 atom stereocenters. The smallest absolute Gasteiger partial charge is 0.310 e. The van der Waals surface area contributed by atoms with Gasteiger partial charge in [-0.25, -0.2) is 4.68 Å². The number of piperidine rings is 1. The third kappa shape index (κ3) is 4.47. The molecule has 0 aliphatic carbocycles. The highest BCUT2D eigenvalue weighted by Gasteiger charge is 2.33. The SMILES string of the molecule is CCOC(=O)[C@@H]1CCCN(C(=O)c2c(CC)nn(-c3ccc(Cl)cc3)c2CC)C1. The monoisotopic (exact) mass is 417 g/mol. The van der Waals surface area contributed by atoms with Crippen molar-refractivity contribution in [1.29, 1.82) is 0 Å². The molecule has 1 aromatic carbocycles. The van der Waals surface area contributed by atoms with E-state index in [1.165, 1.54) is 0 Å². The van der Waals surface area contributed by atoms with Gasteiger partial charge in [0, 0.05) is 18.1 Å². The van der Waals surface area contributed by atoms with Gasteiger partial charge in [0.05, 0.1) is 35.2 Å². The minimum Gasteiger partial charge on any atom is -0.466 e. The first kappa shape index (κ1) is 21.4. The Bertz CT molecular complexity index is 876. The first-order valence-corrected chi connectivity index (χ1v) is 10.7. The van der Waals surface area contributed by atoms with Crippen LogP contribution in [0.3, 0.4) is 0 Å². The Morgan fingerprint density at radius 2 is 1.90 bits per heavy atom. The van der Waals surface area contributed by atoms with Gasteiger partial charge in [-0.15, -0.1) is 0 Å². The van der Waals surface area contributed by atoms with Gasteiger partial charge in [-0.3, -0.25) is 9.59 Å². The number of likely N-dealkylation sites (tertiary alicyclic amines) is 1. The van der Waals surface area contributed by atoms with Gasteiger partial charge in [-0.1, -0.05) is 25.4 Å². The van der Waals surface area contributed by atoms with Crippen molar-refractivity contribution in [2.45, 2.75) is 46.5 Å². The maximum atomic E-state index is 13.5. The van der Waals surface area contributed by atoms with Crippen LogP contribution in [-0.2, 0) is 22.4 Å². The molecule has 7 heteroatoms. The number of hydrogen-bond acceptors (Lipinski definition) is 4. The number of rotatable bonds is 6. The lowest BCUT2D eigenvalue weighted by atomic mass is 9.97. The Hall–Kier alpha value is -2.34. The molecular formula is C22H28ClN3O3. The molecule has 0 saturated carbocycles. The van der Waals surface area contributed by atoms with Crippen LogP contribution in [0.2, 0.25) is 5.02 Å². The highest BCUT2D eigenvalue weighted by molar-refractivity contribution is 6.30. The first-order valence-electron chi connectivity index (χ1n) is 10.3. The number of benzene rings is 1. The first-order chi connectivity index (χ1) is 14.0. The summed E-state index contributed by atoms with van der Waals surface area (Å²) in [5.41, 5.74) is 3.20. The fraction of sp³-hybridized carbons (Fsp3) is 0.500. The second kappa shape index (κ2) is 9.44. The van der Waals surface area contributed by atoms with E-state index < -0.39 is 0 Å². The van der Waals surface area contributed by atoms with E-state index in [2.05, 4.69) is 0 Å². The number of carbonyl (C=O) groups is 2. The van der Waals surface area contributed by atoms with E-state index in [-0.39, 0.29) is 17.8 Å². The van der Waals surface area contributed by atoms with Crippen molar-refractivity contribution in [2.75, 3.05) is 19.7 Å². The number of hydrogen-bond donors (Lipinski definition) is 0. The number of esters is 1. The van der Waals surface area contributed by atoms with Crippen molar-refractivity contribution in [3.8, 4) is 5.69 Å². The predicted molar refractivity (Wildman–Crippen MR) is 113 cm³/mol. The zero-order valence-corrected chi connectivity index (χ0v) is 18.0. The zero-order chi connectivity index (χ0) is 21.0. The lowest BCUT2D eigenvalue weighted by Crippen LogP contribution is -2.43. The summed E-state index contributed by atoms with van der Waals surface area (Å²) in [7, 11) is 0. The number of aryl methyl sites for hydroxylation is 1. The van der Waals surface area contributed by atoms with Gasteiger partial charge in [0.25, 0.3) is 5.91 Å². The van der Waals surface area contributed by atoms with Gasteiger partial charge >= 0.3 is 5.97 Å². The normalized spacial score (nSPS) is 16.7. The van der Waals surface area contributed by atoms with Gasteiger partial charge in [-0.05, 0) is 56.9 Å². The van der Waals surface area contributed by atoms with E-state index in [1.54, 1.807) is 11.8 Å². The third-order valence-electron chi connectivity index (χ3n) is 5.34. The van der Waals surface area contributed by atoms with E-state index >= 15 is 0 Å². The van der Waals surface area contributed by atoms with Crippen molar-refractivity contribution >= 4 is 23.5 Å². The Balaban J connectivity index is 1.93. The molecule has 1 amide bonds. The molecule has 0 bridgehead atoms. The fourth-order valence-electron chi connectivity index (χ4n) is 3.89. The predicted octanol–water partition coefficient (Wildman–Crippen LogP) is 4.07. The van der Waals surface area contributed by atoms with Gasteiger partial charge in [0.15, 0.2) is 0 Å². The highest BCUT2D eigenvalue weighted by Crippen LogP contribution is 2.26. The summed E-state index contributed by atoms with van der Waals surface area (Å²) in [5, 5.41) is 5.39. The zero-order valence-electron chi connectivity index (χ0n) is 17.3. The minimum atomic E-state index is -0.255. The summed E-state index contributed by atoms with van der Waals surface area (Å²) < 4.78 is 7.01. The summed E-state index contributed by atoms with van der Waals surface area (Å²) >= 11 is 6.02. The molecule has 0 unspecified atom stereocenters. The lowest BCUT2D eigenvalue weighted by molar-refractivity contribution is -0.149. The van der Waals surface area contributed by atoms with E-state index in [9.17, 15) is 9.59 Å². The van der Waals surface area contributed by atoms with Crippen molar-refractivity contribution < 1.29 is 14.3 Å². The molecule has 1 aliphatic heterocycles. The van der Waals surface area contributed by atoms with Gasteiger partial charge < -0.3 is 9.64 Å². The Labute approximate surface area is 176 Å². The Kier molecular flexibility index (Phi) is 6.96. The molecular weight excluding hydrogens is 390 g/mol. The highest BCUT2D eigenvalue weighted by atomic mass is 35.5. The number of amides is 1. The molecule has 29 heavy (non-hydrogen) atoms. The second-order valence-corrected chi connectivity index (χ2v) is 7.64. The molecule has 156 valence electrons. The molecule has 0 N–H and O–H groups in total. The fourth-order valence-corrected chi connectivity index (χ4v) is 4.02. The maximum Gasteiger partial charge on any atom is 0.310 e. The summed E-state index contributed by atoms with van der Waals surface area (Å²) in [5.74, 6) is -0.518.